The van der Waals surface area contributed by atoms with Gasteiger partial charge in [0.15, 0.2) is 10.4 Å². The van der Waals surface area contributed by atoms with Crippen LogP contribution in [-0.4, -0.2) is 16.1 Å². The zero-order valence-corrected chi connectivity index (χ0v) is 13.1. The molecule has 0 saturated heterocycles. The Balaban J connectivity index is 2.40. The van der Waals surface area contributed by atoms with Crippen LogP contribution >= 0.6 is 15.9 Å². The van der Waals surface area contributed by atoms with E-state index < -0.39 is 5.97 Å². The fourth-order valence-corrected chi connectivity index (χ4v) is 2.70. The van der Waals surface area contributed by atoms with Crippen LogP contribution in [0.3, 0.4) is 0 Å². The summed E-state index contributed by atoms with van der Waals surface area (Å²) >= 11 is 3.24. The number of aromatic carboxylic acids is 1. The van der Waals surface area contributed by atoms with E-state index in [4.69, 9.17) is 4.42 Å². The minimum atomic E-state index is -0.969. The van der Waals surface area contributed by atoms with Gasteiger partial charge in [0.2, 0.25) is 0 Å². The number of carboxylic acids is 1. The van der Waals surface area contributed by atoms with Gasteiger partial charge in [-0.3, -0.25) is 0 Å². The Morgan fingerprint density at radius 2 is 1.90 bits per heavy atom. The molecule has 0 aliphatic rings. The van der Waals surface area contributed by atoms with Gasteiger partial charge in [-0.2, -0.15) is 0 Å². The van der Waals surface area contributed by atoms with Crippen molar-refractivity contribution in [2.24, 2.45) is 0 Å². The second-order valence-electron chi connectivity index (χ2n) is 4.89. The highest BCUT2D eigenvalue weighted by atomic mass is 79.9. The van der Waals surface area contributed by atoms with Gasteiger partial charge in [-0.15, -0.1) is 0 Å². The number of pyridine rings is 1. The number of aromatic nitrogens is 1. The molecule has 0 unspecified atom stereocenters. The minimum Gasteiger partial charge on any atom is -0.478 e. The van der Waals surface area contributed by atoms with E-state index >= 15 is 0 Å². The molecule has 1 N–H and O–H groups in total. The number of furan rings is 1. The van der Waals surface area contributed by atoms with Crippen molar-refractivity contribution in [1.29, 1.82) is 0 Å². The number of carbonyl (C=O) groups is 1. The molecule has 0 atom stereocenters. The Hall–Kier alpha value is -2.14. The molecule has 3 aromatic rings. The van der Waals surface area contributed by atoms with Gasteiger partial charge in [0.25, 0.3) is 0 Å². The predicted molar refractivity (Wildman–Crippen MR) is 83.6 cm³/mol. The summed E-state index contributed by atoms with van der Waals surface area (Å²) in [6.07, 6.45) is 0. The third kappa shape index (κ3) is 2.34. The number of aryl methyl sites for hydroxylation is 2. The molecular weight excluding hydrogens is 334 g/mol. The second kappa shape index (κ2) is 5.00. The van der Waals surface area contributed by atoms with Gasteiger partial charge in [0.1, 0.15) is 5.69 Å². The summed E-state index contributed by atoms with van der Waals surface area (Å²) in [4.78, 5) is 16.2. The first-order chi connectivity index (χ1) is 9.97. The first kappa shape index (κ1) is 13.8. The summed E-state index contributed by atoms with van der Waals surface area (Å²) in [5.74, 6) is -0.435. The van der Waals surface area contributed by atoms with E-state index in [2.05, 4.69) is 20.9 Å². The smallest absolute Gasteiger partial charge is 0.336 e. The molecule has 0 aliphatic heterocycles. The maximum atomic E-state index is 11.6. The normalized spacial score (nSPS) is 11.0. The van der Waals surface area contributed by atoms with Crippen LogP contribution < -0.4 is 0 Å². The van der Waals surface area contributed by atoms with Gasteiger partial charge < -0.3 is 9.52 Å². The van der Waals surface area contributed by atoms with E-state index in [1.807, 2.05) is 26.0 Å². The number of hydrogen-bond acceptors (Lipinski definition) is 3. The number of fused-ring (bicyclic) bond motifs is 1. The van der Waals surface area contributed by atoms with Gasteiger partial charge in [-0.25, -0.2) is 9.78 Å². The second-order valence-corrected chi connectivity index (χ2v) is 5.67. The van der Waals surface area contributed by atoms with Gasteiger partial charge in [-0.1, -0.05) is 12.1 Å². The van der Waals surface area contributed by atoms with Crippen molar-refractivity contribution < 1.29 is 14.3 Å². The number of carboxylic acid groups (broad SMARTS) is 1. The van der Waals surface area contributed by atoms with Crippen LogP contribution in [0.4, 0.5) is 0 Å². The standard InChI is InChI=1S/C16H12BrNO3/c1-8-3-4-9(2)15-14(8)10(16(19)20)7-11(18-15)12-5-6-13(17)21-12/h3-7H,1-2H3,(H,19,20). The lowest BCUT2D eigenvalue weighted by atomic mass is 9.99. The number of rotatable bonds is 2. The molecule has 2 aromatic heterocycles. The predicted octanol–water partition coefficient (Wildman–Crippen LogP) is 4.57. The van der Waals surface area contributed by atoms with Gasteiger partial charge in [-0.05, 0) is 59.1 Å². The van der Waals surface area contributed by atoms with Crippen LogP contribution in [0.25, 0.3) is 22.4 Å². The SMILES string of the molecule is Cc1ccc(C)c2c(C(=O)O)cc(-c3ccc(Br)o3)nc12. The topological polar surface area (TPSA) is 63.3 Å². The molecule has 0 amide bonds. The highest BCUT2D eigenvalue weighted by Gasteiger charge is 2.17. The third-order valence-electron chi connectivity index (χ3n) is 3.43. The minimum absolute atomic E-state index is 0.240. The highest BCUT2D eigenvalue weighted by molar-refractivity contribution is 9.10. The number of benzene rings is 1. The molecule has 0 fully saturated rings. The molecule has 21 heavy (non-hydrogen) atoms. The summed E-state index contributed by atoms with van der Waals surface area (Å²) < 4.78 is 6.07. The first-order valence-corrected chi connectivity index (χ1v) is 7.16. The average Bonchev–Trinajstić information content (AvgIpc) is 2.88. The maximum absolute atomic E-state index is 11.6. The molecule has 0 aliphatic carbocycles. The van der Waals surface area contributed by atoms with E-state index in [0.29, 0.717) is 27.0 Å². The first-order valence-electron chi connectivity index (χ1n) is 6.37. The monoisotopic (exact) mass is 345 g/mol. The third-order valence-corrected chi connectivity index (χ3v) is 3.85. The molecule has 106 valence electrons. The Kier molecular flexibility index (Phi) is 3.29. The zero-order valence-electron chi connectivity index (χ0n) is 11.5. The molecule has 2 heterocycles. The van der Waals surface area contributed by atoms with Crippen molar-refractivity contribution in [2.75, 3.05) is 0 Å². The van der Waals surface area contributed by atoms with Gasteiger partial charge >= 0.3 is 5.97 Å². The molecule has 5 heteroatoms. The summed E-state index contributed by atoms with van der Waals surface area (Å²) in [7, 11) is 0. The molecule has 3 rings (SSSR count). The fourth-order valence-electron chi connectivity index (χ4n) is 2.39. The van der Waals surface area contributed by atoms with Crippen molar-refractivity contribution in [3.63, 3.8) is 0 Å². The van der Waals surface area contributed by atoms with Crippen LogP contribution in [0.1, 0.15) is 21.5 Å². The Bertz CT molecular complexity index is 867. The van der Waals surface area contributed by atoms with Crippen LogP contribution in [0.15, 0.2) is 39.4 Å². The lowest BCUT2D eigenvalue weighted by Crippen LogP contribution is -2.02. The highest BCUT2D eigenvalue weighted by Crippen LogP contribution is 2.30. The van der Waals surface area contributed by atoms with Crippen LogP contribution in [-0.2, 0) is 0 Å². The summed E-state index contributed by atoms with van der Waals surface area (Å²) in [5, 5.41) is 10.2. The molecular formula is C16H12BrNO3. The summed E-state index contributed by atoms with van der Waals surface area (Å²) in [5.41, 5.74) is 3.28. The van der Waals surface area contributed by atoms with Crippen LogP contribution in [0.2, 0.25) is 0 Å². The summed E-state index contributed by atoms with van der Waals surface area (Å²) in [6.45, 7) is 3.81. The van der Waals surface area contributed by atoms with E-state index in [1.54, 1.807) is 18.2 Å². The van der Waals surface area contributed by atoms with Crippen molar-refractivity contribution in [3.05, 3.63) is 51.7 Å². The average molecular weight is 346 g/mol. The molecule has 0 spiro atoms. The number of hydrogen-bond donors (Lipinski definition) is 1. The molecule has 0 saturated carbocycles. The van der Waals surface area contributed by atoms with Gasteiger partial charge in [0.05, 0.1) is 11.1 Å². The van der Waals surface area contributed by atoms with E-state index in [1.165, 1.54) is 0 Å². The quantitative estimate of drug-likeness (QED) is 0.738. The summed E-state index contributed by atoms with van der Waals surface area (Å²) in [6, 6.07) is 8.93. The molecule has 0 radical (unpaired) electrons. The van der Waals surface area contributed by atoms with E-state index in [9.17, 15) is 9.90 Å². The zero-order chi connectivity index (χ0) is 15.1. The van der Waals surface area contributed by atoms with Crippen molar-refractivity contribution in [2.45, 2.75) is 13.8 Å². The lowest BCUT2D eigenvalue weighted by molar-refractivity contribution is 0.0699. The van der Waals surface area contributed by atoms with E-state index in [0.717, 1.165) is 11.1 Å². The Morgan fingerprint density at radius 1 is 1.19 bits per heavy atom. The van der Waals surface area contributed by atoms with Crippen LogP contribution in [0, 0.1) is 13.8 Å². The Morgan fingerprint density at radius 3 is 2.52 bits per heavy atom. The van der Waals surface area contributed by atoms with Crippen molar-refractivity contribution in [1.82, 2.24) is 4.98 Å². The largest absolute Gasteiger partial charge is 0.478 e. The van der Waals surface area contributed by atoms with Crippen molar-refractivity contribution >= 4 is 32.8 Å². The fraction of sp³-hybridized carbons (Fsp3) is 0.125. The number of nitrogens with zero attached hydrogens (tertiary/aromatic N) is 1. The van der Waals surface area contributed by atoms with Crippen LogP contribution in [0.5, 0.6) is 0 Å². The molecule has 1 aromatic carbocycles. The maximum Gasteiger partial charge on any atom is 0.336 e. The molecule has 0 bridgehead atoms. The Labute approximate surface area is 129 Å². The number of halogens is 1. The molecule has 4 nitrogen and oxygen atoms in total. The van der Waals surface area contributed by atoms with Gasteiger partial charge in [0, 0.05) is 5.39 Å². The van der Waals surface area contributed by atoms with E-state index in [-0.39, 0.29) is 5.56 Å². The van der Waals surface area contributed by atoms with Crippen molar-refractivity contribution in [3.8, 4) is 11.5 Å². The lowest BCUT2D eigenvalue weighted by Gasteiger charge is -2.10.